The molecule has 0 aromatic rings. The minimum Gasteiger partial charge on any atom is -0.462 e. The molecule has 1 atom stereocenters. The van der Waals surface area contributed by atoms with Crippen molar-refractivity contribution in [1.82, 2.24) is 0 Å². The van der Waals surface area contributed by atoms with E-state index in [1.165, 1.54) is 212 Å². The summed E-state index contributed by atoms with van der Waals surface area (Å²) in [5.74, 6) is -0.868. The van der Waals surface area contributed by atoms with Gasteiger partial charge in [0.25, 0.3) is 0 Å². The predicted molar refractivity (Wildman–Crippen MR) is 275 cm³/mol. The minimum atomic E-state index is -0.766. The lowest BCUT2D eigenvalue weighted by molar-refractivity contribution is -0.167. The Bertz CT molecular complexity index is 993. The Morgan fingerprint density at radius 1 is 0.297 bits per heavy atom. The van der Waals surface area contributed by atoms with Gasteiger partial charge in [0.2, 0.25) is 0 Å². The second kappa shape index (κ2) is 53.8. The molecular formula is C58H110O6. The topological polar surface area (TPSA) is 78.9 Å². The summed E-state index contributed by atoms with van der Waals surface area (Å²) < 4.78 is 16.7. The molecular weight excluding hydrogens is 793 g/mol. The summed E-state index contributed by atoms with van der Waals surface area (Å²) in [5, 5.41) is 0. The highest BCUT2D eigenvalue weighted by Crippen LogP contribution is 2.18. The lowest BCUT2D eigenvalue weighted by Crippen LogP contribution is -2.30. The van der Waals surface area contributed by atoms with E-state index in [-0.39, 0.29) is 31.1 Å². The lowest BCUT2D eigenvalue weighted by Gasteiger charge is -2.18. The molecule has 0 amide bonds. The fourth-order valence-electron chi connectivity index (χ4n) is 8.68. The van der Waals surface area contributed by atoms with Crippen LogP contribution in [-0.2, 0) is 28.6 Å². The maximum absolute atomic E-state index is 12.7. The van der Waals surface area contributed by atoms with Crippen LogP contribution in [0, 0.1) is 0 Å². The van der Waals surface area contributed by atoms with Crippen molar-refractivity contribution in [3.8, 4) is 0 Å². The van der Waals surface area contributed by atoms with Gasteiger partial charge in [0.05, 0.1) is 0 Å². The van der Waals surface area contributed by atoms with E-state index in [1.807, 2.05) is 0 Å². The van der Waals surface area contributed by atoms with Gasteiger partial charge in [-0.2, -0.15) is 0 Å². The molecule has 6 nitrogen and oxygen atoms in total. The summed E-state index contributed by atoms with van der Waals surface area (Å²) in [5.41, 5.74) is 0. The largest absolute Gasteiger partial charge is 0.462 e. The number of allylic oxidation sites excluding steroid dienone is 2. The third-order valence-electron chi connectivity index (χ3n) is 13.0. The lowest BCUT2D eigenvalue weighted by atomic mass is 10.0. The number of ether oxygens (including phenoxy) is 3. The van der Waals surface area contributed by atoms with Crippen LogP contribution in [0.15, 0.2) is 12.2 Å². The molecule has 0 aliphatic rings. The van der Waals surface area contributed by atoms with Crippen LogP contribution in [0.3, 0.4) is 0 Å². The van der Waals surface area contributed by atoms with E-state index in [9.17, 15) is 14.4 Å². The van der Waals surface area contributed by atoms with Gasteiger partial charge in [-0.05, 0) is 38.5 Å². The van der Waals surface area contributed by atoms with E-state index in [4.69, 9.17) is 14.2 Å². The number of hydrogen-bond acceptors (Lipinski definition) is 6. The first-order chi connectivity index (χ1) is 31.5. The van der Waals surface area contributed by atoms with Crippen molar-refractivity contribution in [1.29, 1.82) is 0 Å². The molecule has 0 bridgehead atoms. The zero-order valence-electron chi connectivity index (χ0n) is 43.3. The molecule has 0 heterocycles. The van der Waals surface area contributed by atoms with E-state index in [0.29, 0.717) is 19.3 Å². The summed E-state index contributed by atoms with van der Waals surface area (Å²) in [7, 11) is 0. The predicted octanol–water partition coefficient (Wildman–Crippen LogP) is 18.9. The highest BCUT2D eigenvalue weighted by Gasteiger charge is 2.19. The Labute approximate surface area is 399 Å². The fourth-order valence-corrected chi connectivity index (χ4v) is 8.68. The van der Waals surface area contributed by atoms with Crippen LogP contribution in [0.25, 0.3) is 0 Å². The van der Waals surface area contributed by atoms with Crippen LogP contribution in [-0.4, -0.2) is 37.2 Å². The molecule has 64 heavy (non-hydrogen) atoms. The quantitative estimate of drug-likeness (QED) is 0.0262. The molecule has 0 aromatic heterocycles. The van der Waals surface area contributed by atoms with Gasteiger partial charge in [0.1, 0.15) is 13.2 Å². The molecule has 1 unspecified atom stereocenters. The van der Waals surface area contributed by atoms with E-state index in [0.717, 1.165) is 70.6 Å². The minimum absolute atomic E-state index is 0.0688. The maximum Gasteiger partial charge on any atom is 0.306 e. The second-order valence-corrected chi connectivity index (χ2v) is 19.6. The standard InChI is InChI=1S/C58H110O6/c1-4-7-10-13-16-19-21-22-23-24-25-26-27-28-29-30-31-32-33-34-35-36-37-38-40-42-45-48-51-57(60)63-54-55(53-62-56(59)50-47-44-41-18-15-12-9-6-3)64-58(61)52-49-46-43-39-20-17-14-11-8-5-2/h11,14,55H,4-10,12-13,15-54H2,1-3H3/b14-11-. The molecule has 0 saturated heterocycles. The van der Waals surface area contributed by atoms with Gasteiger partial charge in [-0.15, -0.1) is 0 Å². The Kier molecular flexibility index (Phi) is 52.2. The molecule has 0 radical (unpaired) electrons. The summed E-state index contributed by atoms with van der Waals surface area (Å²) in [6.07, 6.45) is 61.1. The Balaban J connectivity index is 3.96. The van der Waals surface area contributed by atoms with Crippen LogP contribution in [0.5, 0.6) is 0 Å². The molecule has 0 aliphatic carbocycles. The molecule has 0 rings (SSSR count). The first-order valence-electron chi connectivity index (χ1n) is 28.7. The molecule has 6 heteroatoms. The molecule has 0 saturated carbocycles. The monoisotopic (exact) mass is 903 g/mol. The third-order valence-corrected chi connectivity index (χ3v) is 13.0. The van der Waals surface area contributed by atoms with Crippen molar-refractivity contribution in [3.05, 3.63) is 12.2 Å². The second-order valence-electron chi connectivity index (χ2n) is 19.6. The summed E-state index contributed by atoms with van der Waals surface area (Å²) >= 11 is 0. The summed E-state index contributed by atoms with van der Waals surface area (Å²) in [4.78, 5) is 37.8. The van der Waals surface area contributed by atoms with Crippen LogP contribution in [0.2, 0.25) is 0 Å². The highest BCUT2D eigenvalue weighted by atomic mass is 16.6. The van der Waals surface area contributed by atoms with Crippen LogP contribution >= 0.6 is 0 Å². The first-order valence-corrected chi connectivity index (χ1v) is 28.7. The average molecular weight is 904 g/mol. The van der Waals surface area contributed by atoms with E-state index in [2.05, 4.69) is 32.9 Å². The van der Waals surface area contributed by atoms with Gasteiger partial charge >= 0.3 is 17.9 Å². The maximum atomic E-state index is 12.7. The SMILES string of the molecule is CCC/C=C\CCCCCCCC(=O)OC(COC(=O)CCCCCCCCCC)COC(=O)CCCCCCCCCCCCCCCCCCCCCCCCCCCCCC. The number of hydrogen-bond donors (Lipinski definition) is 0. The summed E-state index contributed by atoms with van der Waals surface area (Å²) in [6, 6.07) is 0. The third kappa shape index (κ3) is 51.1. The van der Waals surface area contributed by atoms with E-state index < -0.39 is 6.10 Å². The number of esters is 3. The van der Waals surface area contributed by atoms with Gasteiger partial charge in [-0.3, -0.25) is 14.4 Å². The van der Waals surface area contributed by atoms with Crippen LogP contribution in [0.4, 0.5) is 0 Å². The van der Waals surface area contributed by atoms with Crippen molar-refractivity contribution in [3.63, 3.8) is 0 Å². The van der Waals surface area contributed by atoms with Gasteiger partial charge in [0, 0.05) is 19.3 Å². The number of carbonyl (C=O) groups is 3. The van der Waals surface area contributed by atoms with Crippen molar-refractivity contribution in [2.24, 2.45) is 0 Å². The Morgan fingerprint density at radius 3 is 0.844 bits per heavy atom. The normalized spacial score (nSPS) is 12.0. The number of unbranched alkanes of at least 4 members (excludes halogenated alkanes) is 40. The van der Waals surface area contributed by atoms with Crippen LogP contribution in [0.1, 0.15) is 323 Å². The van der Waals surface area contributed by atoms with Gasteiger partial charge < -0.3 is 14.2 Å². The smallest absolute Gasteiger partial charge is 0.306 e. The molecule has 378 valence electrons. The summed E-state index contributed by atoms with van der Waals surface area (Å²) in [6.45, 7) is 6.58. The van der Waals surface area contributed by atoms with E-state index >= 15 is 0 Å². The fraction of sp³-hybridized carbons (Fsp3) is 0.914. The number of rotatable bonds is 53. The van der Waals surface area contributed by atoms with Crippen molar-refractivity contribution >= 4 is 17.9 Å². The molecule has 0 N–H and O–H groups in total. The first kappa shape index (κ1) is 62.1. The Hall–Kier alpha value is -1.85. The van der Waals surface area contributed by atoms with Crippen LogP contribution < -0.4 is 0 Å². The zero-order valence-corrected chi connectivity index (χ0v) is 43.3. The highest BCUT2D eigenvalue weighted by molar-refractivity contribution is 5.71. The van der Waals surface area contributed by atoms with Crippen molar-refractivity contribution in [2.45, 2.75) is 329 Å². The molecule has 0 aliphatic heterocycles. The zero-order chi connectivity index (χ0) is 46.5. The molecule has 0 aromatic carbocycles. The average Bonchev–Trinajstić information content (AvgIpc) is 3.29. The van der Waals surface area contributed by atoms with Gasteiger partial charge in [0.15, 0.2) is 6.10 Å². The van der Waals surface area contributed by atoms with E-state index in [1.54, 1.807) is 0 Å². The van der Waals surface area contributed by atoms with Gasteiger partial charge in [-0.1, -0.05) is 277 Å². The number of carbonyl (C=O) groups excluding carboxylic acids is 3. The van der Waals surface area contributed by atoms with Gasteiger partial charge in [-0.25, -0.2) is 0 Å². The van der Waals surface area contributed by atoms with Crippen molar-refractivity contribution in [2.75, 3.05) is 13.2 Å². The molecule has 0 spiro atoms. The Morgan fingerprint density at radius 2 is 0.547 bits per heavy atom. The molecule has 0 fully saturated rings. The van der Waals surface area contributed by atoms with Crippen molar-refractivity contribution < 1.29 is 28.6 Å².